The molecule has 1 aromatic heterocycles. The highest BCUT2D eigenvalue weighted by atomic mass is 79.9. The topological polar surface area (TPSA) is 117 Å². The van der Waals surface area contributed by atoms with Gasteiger partial charge in [-0.15, -0.1) is 0 Å². The molecule has 220 valence electrons. The van der Waals surface area contributed by atoms with E-state index < -0.39 is 11.9 Å². The lowest BCUT2D eigenvalue weighted by atomic mass is 9.83. The number of allylic oxidation sites excluding steroid dienone is 1. The number of fused-ring (bicyclic) bond motifs is 2. The molecule has 8 nitrogen and oxygen atoms in total. The number of nitrogens with two attached hydrogens (primary N) is 1. The summed E-state index contributed by atoms with van der Waals surface area (Å²) >= 11 is 9.69. The van der Waals surface area contributed by atoms with Crippen LogP contribution >= 0.6 is 27.5 Å². The zero-order chi connectivity index (χ0) is 31.0. The molecule has 0 radical (unpaired) electrons. The fourth-order valence-corrected chi connectivity index (χ4v) is 5.67. The Hall–Kier alpha value is -4.91. The lowest BCUT2D eigenvalue weighted by Crippen LogP contribution is -2.21. The number of nitrogens with zero attached hydrogens (tertiary/aromatic N) is 1. The largest absolute Gasteiger partial charge is 0.493 e. The van der Waals surface area contributed by atoms with Crippen LogP contribution in [0.3, 0.4) is 0 Å². The van der Waals surface area contributed by atoms with Crippen LogP contribution in [0.2, 0.25) is 5.02 Å². The second kappa shape index (κ2) is 12.0. The number of furan rings is 1. The molecule has 1 aliphatic rings. The molecular formula is C34H24BrClN2O6. The summed E-state index contributed by atoms with van der Waals surface area (Å²) in [6.45, 7) is 2.05. The Morgan fingerprint density at radius 3 is 2.66 bits per heavy atom. The number of carbonyl (C=O) groups excluding carboxylic acids is 1. The van der Waals surface area contributed by atoms with Gasteiger partial charge < -0.3 is 29.1 Å². The molecule has 44 heavy (non-hydrogen) atoms. The van der Waals surface area contributed by atoms with E-state index >= 15 is 0 Å². The maximum atomic E-state index is 13.1. The van der Waals surface area contributed by atoms with Crippen LogP contribution in [-0.4, -0.2) is 13.1 Å². The third-order valence-corrected chi connectivity index (χ3v) is 8.21. The second-order valence-corrected chi connectivity index (χ2v) is 11.3. The van der Waals surface area contributed by atoms with E-state index in [0.717, 1.165) is 21.0 Å². The van der Waals surface area contributed by atoms with Crippen LogP contribution in [0.25, 0.3) is 11.0 Å². The van der Waals surface area contributed by atoms with Crippen LogP contribution < -0.4 is 24.7 Å². The molecule has 1 aliphatic heterocycles. The highest BCUT2D eigenvalue weighted by Gasteiger charge is 2.32. The Labute approximate surface area is 266 Å². The Bertz CT molecular complexity index is 2010. The number of aryl methyl sites for hydroxylation is 1. The Morgan fingerprint density at radius 2 is 1.89 bits per heavy atom. The van der Waals surface area contributed by atoms with E-state index in [1.807, 2.05) is 36.4 Å². The molecule has 6 rings (SSSR count). The van der Waals surface area contributed by atoms with E-state index in [2.05, 4.69) is 22.0 Å². The van der Waals surface area contributed by atoms with Crippen molar-refractivity contribution in [2.24, 2.45) is 5.73 Å². The van der Waals surface area contributed by atoms with Crippen molar-refractivity contribution < 1.29 is 28.2 Å². The summed E-state index contributed by atoms with van der Waals surface area (Å²) in [6.07, 6.45) is 0. The van der Waals surface area contributed by atoms with Crippen LogP contribution in [0.4, 0.5) is 0 Å². The first kappa shape index (κ1) is 29.2. The van der Waals surface area contributed by atoms with Gasteiger partial charge in [-0.25, -0.2) is 4.79 Å². The van der Waals surface area contributed by atoms with Crippen LogP contribution in [0, 0.1) is 18.3 Å². The van der Waals surface area contributed by atoms with Crippen LogP contribution in [0.15, 0.2) is 99.2 Å². The Morgan fingerprint density at radius 1 is 1.07 bits per heavy atom. The van der Waals surface area contributed by atoms with Gasteiger partial charge in [-0.3, -0.25) is 0 Å². The third-order valence-electron chi connectivity index (χ3n) is 7.35. The normalized spacial score (nSPS) is 14.0. The molecular weight excluding hydrogens is 648 g/mol. The number of rotatable bonds is 7. The maximum Gasteiger partial charge on any atom is 0.379 e. The summed E-state index contributed by atoms with van der Waals surface area (Å²) in [5.41, 5.74) is 9.91. The first-order valence-corrected chi connectivity index (χ1v) is 14.6. The highest BCUT2D eigenvalue weighted by molar-refractivity contribution is 9.10. The van der Waals surface area contributed by atoms with Crippen molar-refractivity contribution in [3.63, 3.8) is 0 Å². The number of halogens is 2. The SMILES string of the molecule is COc1cc(C2C(C#N)=C(N)Oc3cc(OC(=O)c4oc5cc(Br)ccc5c4C)ccc32)ccc1OCc1ccccc1Cl. The summed E-state index contributed by atoms with van der Waals surface area (Å²) in [7, 11) is 1.54. The van der Waals surface area contributed by atoms with Gasteiger partial charge in [-0.2, -0.15) is 5.26 Å². The summed E-state index contributed by atoms with van der Waals surface area (Å²) in [5, 5.41) is 11.4. The van der Waals surface area contributed by atoms with Gasteiger partial charge >= 0.3 is 5.97 Å². The molecule has 4 aromatic carbocycles. The molecule has 10 heteroatoms. The lowest BCUT2D eigenvalue weighted by Gasteiger charge is -2.27. The smallest absolute Gasteiger partial charge is 0.379 e. The van der Waals surface area contributed by atoms with Crippen molar-refractivity contribution in [1.29, 1.82) is 5.26 Å². The summed E-state index contributed by atoms with van der Waals surface area (Å²) in [6, 6.07) is 25.5. The van der Waals surface area contributed by atoms with Gasteiger partial charge in [0, 0.05) is 37.6 Å². The van der Waals surface area contributed by atoms with Gasteiger partial charge in [0.25, 0.3) is 0 Å². The fraction of sp³-hybridized carbons (Fsp3) is 0.118. The average Bonchev–Trinajstić information content (AvgIpc) is 3.35. The predicted octanol–water partition coefficient (Wildman–Crippen LogP) is 8.18. The number of carbonyl (C=O) groups is 1. The number of ether oxygens (including phenoxy) is 4. The van der Waals surface area contributed by atoms with E-state index in [0.29, 0.717) is 39.0 Å². The molecule has 1 unspecified atom stereocenters. The number of methoxy groups -OCH3 is 1. The minimum Gasteiger partial charge on any atom is -0.493 e. The molecule has 0 aliphatic carbocycles. The summed E-state index contributed by atoms with van der Waals surface area (Å²) in [5.74, 6) is 0.376. The molecule has 0 fully saturated rings. The molecule has 0 amide bonds. The molecule has 2 N–H and O–H groups in total. The molecule has 0 bridgehead atoms. The average molecular weight is 672 g/mol. The first-order chi connectivity index (χ1) is 21.3. The van der Waals surface area contributed by atoms with Gasteiger partial charge in [0.05, 0.1) is 13.0 Å². The quantitative estimate of drug-likeness (QED) is 0.136. The minimum absolute atomic E-state index is 0.0507. The summed E-state index contributed by atoms with van der Waals surface area (Å²) < 4.78 is 29.8. The molecule has 0 saturated heterocycles. The molecule has 5 aromatic rings. The van der Waals surface area contributed by atoms with E-state index in [-0.39, 0.29) is 29.6 Å². The van der Waals surface area contributed by atoms with E-state index in [4.69, 9.17) is 40.7 Å². The number of nitriles is 1. The van der Waals surface area contributed by atoms with Crippen molar-refractivity contribution in [2.75, 3.05) is 7.11 Å². The van der Waals surface area contributed by atoms with Crippen LogP contribution in [-0.2, 0) is 6.61 Å². The standard InChI is InChI=1S/C34H24BrClN2O6/c1-18-23-10-8-21(35)14-28(23)43-32(18)34(39)42-22-9-11-24-29(15-22)44-33(38)25(16-37)31(24)19-7-12-27(30(13-19)40-2)41-17-20-5-3-4-6-26(20)36/h3-15,31H,17,38H2,1-2H3. The maximum absolute atomic E-state index is 13.1. The van der Waals surface area contributed by atoms with E-state index in [1.54, 1.807) is 49.4 Å². The van der Waals surface area contributed by atoms with E-state index in [9.17, 15) is 10.1 Å². The summed E-state index contributed by atoms with van der Waals surface area (Å²) in [4.78, 5) is 13.1. The fourth-order valence-electron chi connectivity index (χ4n) is 5.14. The Kier molecular flexibility index (Phi) is 7.95. The van der Waals surface area contributed by atoms with Crippen molar-refractivity contribution in [2.45, 2.75) is 19.4 Å². The van der Waals surface area contributed by atoms with E-state index in [1.165, 1.54) is 7.11 Å². The van der Waals surface area contributed by atoms with Crippen LogP contribution in [0.1, 0.15) is 38.7 Å². The van der Waals surface area contributed by atoms with Crippen LogP contribution in [0.5, 0.6) is 23.0 Å². The third kappa shape index (κ3) is 5.46. The zero-order valence-corrected chi connectivity index (χ0v) is 25.9. The van der Waals surface area contributed by atoms with Crippen molar-refractivity contribution >= 4 is 44.5 Å². The van der Waals surface area contributed by atoms with Crippen molar-refractivity contribution in [3.05, 3.63) is 128 Å². The lowest BCUT2D eigenvalue weighted by molar-refractivity contribution is 0.0702. The van der Waals surface area contributed by atoms with Gasteiger partial charge in [0.15, 0.2) is 11.5 Å². The number of hydrogen-bond acceptors (Lipinski definition) is 8. The van der Waals surface area contributed by atoms with Crippen molar-refractivity contribution in [3.8, 4) is 29.1 Å². The van der Waals surface area contributed by atoms with Gasteiger partial charge in [-0.1, -0.05) is 57.9 Å². The molecule has 0 spiro atoms. The molecule has 0 saturated carbocycles. The monoisotopic (exact) mass is 670 g/mol. The molecule has 2 heterocycles. The number of esters is 1. The zero-order valence-electron chi connectivity index (χ0n) is 23.5. The first-order valence-electron chi connectivity index (χ1n) is 13.4. The Balaban J connectivity index is 1.29. The predicted molar refractivity (Wildman–Crippen MR) is 168 cm³/mol. The number of hydrogen-bond donors (Lipinski definition) is 1. The van der Waals surface area contributed by atoms with Gasteiger partial charge in [0.1, 0.15) is 35.3 Å². The van der Waals surface area contributed by atoms with Crippen molar-refractivity contribution in [1.82, 2.24) is 0 Å². The van der Waals surface area contributed by atoms with Gasteiger partial charge in [-0.05, 0) is 55.0 Å². The highest BCUT2D eigenvalue weighted by Crippen LogP contribution is 2.45. The second-order valence-electron chi connectivity index (χ2n) is 10.0. The number of benzene rings is 4. The van der Waals surface area contributed by atoms with Gasteiger partial charge in [0.2, 0.25) is 11.6 Å². The minimum atomic E-state index is -0.652. The molecule has 1 atom stereocenters.